The van der Waals surface area contributed by atoms with Gasteiger partial charge < -0.3 is 14.8 Å². The van der Waals surface area contributed by atoms with E-state index >= 15 is 0 Å². The molecule has 0 fully saturated rings. The average Bonchev–Trinajstić information content (AvgIpc) is 2.85. The molecule has 1 amide bonds. The van der Waals surface area contributed by atoms with Crippen LogP contribution in [0.25, 0.3) is 11.1 Å². The van der Waals surface area contributed by atoms with Crippen LogP contribution in [-0.4, -0.2) is 42.0 Å². The lowest BCUT2D eigenvalue weighted by molar-refractivity contribution is -0.142. The summed E-state index contributed by atoms with van der Waals surface area (Å²) in [6, 6.07) is 15.6. The molecule has 1 aromatic heterocycles. The van der Waals surface area contributed by atoms with E-state index in [9.17, 15) is 9.59 Å². The molecule has 0 aliphatic rings. The lowest BCUT2D eigenvalue weighted by Crippen LogP contribution is -2.42. The van der Waals surface area contributed by atoms with Crippen LogP contribution in [-0.2, 0) is 16.1 Å². The Morgan fingerprint density at radius 1 is 1.12 bits per heavy atom. The second-order valence-corrected chi connectivity index (χ2v) is 8.56. The number of amides is 1. The van der Waals surface area contributed by atoms with Crippen molar-refractivity contribution >= 4 is 35.2 Å². The third-order valence-corrected chi connectivity index (χ3v) is 5.91. The van der Waals surface area contributed by atoms with Crippen LogP contribution in [0.2, 0.25) is 5.02 Å². The van der Waals surface area contributed by atoms with E-state index in [2.05, 4.69) is 10.3 Å². The number of ether oxygens (including phenoxy) is 2. The Kier molecular flexibility index (Phi) is 9.15. The molecule has 0 saturated carbocycles. The number of aromatic nitrogens is 1. The monoisotopic (exact) mass is 484 g/mol. The summed E-state index contributed by atoms with van der Waals surface area (Å²) in [4.78, 5) is 29.5. The summed E-state index contributed by atoms with van der Waals surface area (Å²) in [6.07, 6.45) is 5.73. The fourth-order valence-corrected chi connectivity index (χ4v) is 3.95. The van der Waals surface area contributed by atoms with Crippen LogP contribution in [0, 0.1) is 0 Å². The number of thioether (sulfide) groups is 1. The smallest absolute Gasteiger partial charge is 0.328 e. The van der Waals surface area contributed by atoms with Gasteiger partial charge in [-0.2, -0.15) is 11.8 Å². The second-order valence-electron chi connectivity index (χ2n) is 7.17. The largest absolute Gasteiger partial charge is 0.487 e. The average molecular weight is 485 g/mol. The molecule has 6 nitrogen and oxygen atoms in total. The Morgan fingerprint density at radius 2 is 1.94 bits per heavy atom. The number of esters is 1. The van der Waals surface area contributed by atoms with E-state index in [0.29, 0.717) is 46.2 Å². The van der Waals surface area contributed by atoms with E-state index in [1.165, 1.54) is 7.11 Å². The van der Waals surface area contributed by atoms with Gasteiger partial charge in [-0.1, -0.05) is 35.9 Å². The van der Waals surface area contributed by atoms with Crippen LogP contribution in [0.15, 0.2) is 67.0 Å². The minimum absolute atomic E-state index is 0.295. The number of hydrogen-bond donors (Lipinski definition) is 1. The van der Waals surface area contributed by atoms with Crippen molar-refractivity contribution < 1.29 is 19.1 Å². The van der Waals surface area contributed by atoms with Crippen molar-refractivity contribution in [2.45, 2.75) is 19.1 Å². The molecule has 0 saturated heterocycles. The molecule has 0 bridgehead atoms. The number of halogens is 1. The highest BCUT2D eigenvalue weighted by Crippen LogP contribution is 2.31. The van der Waals surface area contributed by atoms with Gasteiger partial charge in [-0.3, -0.25) is 9.78 Å². The molecule has 1 atom stereocenters. The van der Waals surface area contributed by atoms with E-state index in [4.69, 9.17) is 21.1 Å². The highest BCUT2D eigenvalue weighted by Gasteiger charge is 2.24. The molecule has 0 aliphatic heterocycles. The molecule has 0 spiro atoms. The van der Waals surface area contributed by atoms with Gasteiger partial charge in [0, 0.05) is 22.3 Å². The first kappa shape index (κ1) is 24.6. The van der Waals surface area contributed by atoms with Crippen LogP contribution in [0.3, 0.4) is 0 Å². The van der Waals surface area contributed by atoms with Gasteiger partial charge in [-0.05, 0) is 59.9 Å². The van der Waals surface area contributed by atoms with E-state index in [-0.39, 0.29) is 5.91 Å². The van der Waals surface area contributed by atoms with Crippen molar-refractivity contribution in [3.8, 4) is 16.9 Å². The number of carbonyl (C=O) groups excluding carboxylic acids is 2. The lowest BCUT2D eigenvalue weighted by atomic mass is 9.96. The fourth-order valence-electron chi connectivity index (χ4n) is 3.24. The van der Waals surface area contributed by atoms with Crippen molar-refractivity contribution in [2.24, 2.45) is 0 Å². The minimum atomic E-state index is -0.734. The molecular weight excluding hydrogens is 460 g/mol. The van der Waals surface area contributed by atoms with Gasteiger partial charge >= 0.3 is 5.97 Å². The summed E-state index contributed by atoms with van der Waals surface area (Å²) in [5.41, 5.74) is 2.63. The Morgan fingerprint density at radius 3 is 2.64 bits per heavy atom. The molecule has 0 radical (unpaired) electrons. The zero-order chi connectivity index (χ0) is 23.6. The first-order chi connectivity index (χ1) is 16.0. The van der Waals surface area contributed by atoms with Gasteiger partial charge in [0.2, 0.25) is 0 Å². The number of methoxy groups -OCH3 is 1. The van der Waals surface area contributed by atoms with E-state index in [1.807, 2.05) is 42.7 Å². The predicted molar refractivity (Wildman–Crippen MR) is 132 cm³/mol. The van der Waals surface area contributed by atoms with Gasteiger partial charge in [0.25, 0.3) is 5.91 Å². The van der Waals surface area contributed by atoms with Crippen molar-refractivity contribution in [3.05, 3.63) is 83.1 Å². The maximum absolute atomic E-state index is 13.2. The molecule has 2 aromatic carbocycles. The summed E-state index contributed by atoms with van der Waals surface area (Å²) in [6.45, 7) is 0.295. The quantitative estimate of drug-likeness (QED) is 0.408. The highest BCUT2D eigenvalue weighted by molar-refractivity contribution is 7.98. The summed E-state index contributed by atoms with van der Waals surface area (Å²) in [7, 11) is 1.31. The maximum Gasteiger partial charge on any atom is 0.328 e. The number of rotatable bonds is 10. The van der Waals surface area contributed by atoms with Gasteiger partial charge in [-0.25, -0.2) is 4.79 Å². The number of carbonyl (C=O) groups is 2. The zero-order valence-corrected chi connectivity index (χ0v) is 20.0. The zero-order valence-electron chi connectivity index (χ0n) is 18.4. The van der Waals surface area contributed by atoms with Crippen LogP contribution < -0.4 is 10.1 Å². The summed E-state index contributed by atoms with van der Waals surface area (Å²) in [5.74, 6) is 0.509. The number of pyridine rings is 1. The fraction of sp³-hybridized carbons (Fsp3) is 0.240. The van der Waals surface area contributed by atoms with Gasteiger partial charge in [0.15, 0.2) is 0 Å². The molecule has 33 heavy (non-hydrogen) atoms. The standard InChI is InChI=1S/C25H25ClN2O4S/c1-31-25(30)23(11-13-33-2)28-24(29)20-10-9-17(16-32-18-6-5-12-27-15-18)14-21(20)19-7-3-4-8-22(19)26/h3-10,12,14-15,23H,11,13,16H2,1-2H3,(H,28,29)/t23-/m0/s1. The molecule has 1 N–H and O–H groups in total. The second kappa shape index (κ2) is 12.3. The SMILES string of the molecule is COC(=O)[C@H](CCSC)NC(=O)c1ccc(COc2cccnc2)cc1-c1ccccc1Cl. The summed E-state index contributed by atoms with van der Waals surface area (Å²) < 4.78 is 10.7. The van der Waals surface area contributed by atoms with Crippen LogP contribution in [0.1, 0.15) is 22.3 Å². The normalized spacial score (nSPS) is 11.5. The van der Waals surface area contributed by atoms with Crippen molar-refractivity contribution in [3.63, 3.8) is 0 Å². The predicted octanol–water partition coefficient (Wildman–Crippen LogP) is 5.01. The number of benzene rings is 2. The Balaban J connectivity index is 1.91. The van der Waals surface area contributed by atoms with Crippen LogP contribution in [0.4, 0.5) is 0 Å². The molecule has 0 aliphatic carbocycles. The first-order valence-corrected chi connectivity index (χ1v) is 12.1. The van der Waals surface area contributed by atoms with E-state index in [0.717, 1.165) is 5.56 Å². The molecular formula is C25H25ClN2O4S. The molecule has 1 heterocycles. The lowest BCUT2D eigenvalue weighted by Gasteiger charge is -2.18. The van der Waals surface area contributed by atoms with E-state index in [1.54, 1.807) is 42.4 Å². The molecule has 0 unspecified atom stereocenters. The van der Waals surface area contributed by atoms with Gasteiger partial charge in [0.05, 0.1) is 13.3 Å². The number of nitrogens with one attached hydrogen (secondary N) is 1. The Bertz CT molecular complexity index is 1090. The van der Waals surface area contributed by atoms with Crippen molar-refractivity contribution in [1.29, 1.82) is 0 Å². The topological polar surface area (TPSA) is 77.5 Å². The number of hydrogen-bond acceptors (Lipinski definition) is 6. The first-order valence-electron chi connectivity index (χ1n) is 10.3. The summed E-state index contributed by atoms with van der Waals surface area (Å²) in [5, 5.41) is 3.33. The van der Waals surface area contributed by atoms with Gasteiger partial charge in [-0.15, -0.1) is 0 Å². The van der Waals surface area contributed by atoms with Crippen molar-refractivity contribution in [2.75, 3.05) is 19.1 Å². The van der Waals surface area contributed by atoms with Gasteiger partial charge in [0.1, 0.15) is 18.4 Å². The highest BCUT2D eigenvalue weighted by atomic mass is 35.5. The van der Waals surface area contributed by atoms with E-state index < -0.39 is 12.0 Å². The molecule has 8 heteroatoms. The number of nitrogens with zero attached hydrogens (tertiary/aromatic N) is 1. The summed E-state index contributed by atoms with van der Waals surface area (Å²) >= 11 is 8.05. The van der Waals surface area contributed by atoms with Crippen molar-refractivity contribution in [1.82, 2.24) is 10.3 Å². The van der Waals surface area contributed by atoms with Crippen LogP contribution in [0.5, 0.6) is 5.75 Å². The Hall–Kier alpha value is -3.03. The maximum atomic E-state index is 13.2. The minimum Gasteiger partial charge on any atom is -0.487 e. The molecule has 172 valence electrons. The molecule has 3 aromatic rings. The molecule has 3 rings (SSSR count). The van der Waals surface area contributed by atoms with Crippen LogP contribution >= 0.6 is 23.4 Å². The third kappa shape index (κ3) is 6.73. The third-order valence-electron chi connectivity index (χ3n) is 4.93. The Labute approximate surface area is 202 Å².